The normalized spacial score (nSPS) is 11.8. The average Bonchev–Trinajstić information content (AvgIpc) is 3.10. The minimum atomic E-state index is 0.648. The molecule has 2 heterocycles. The maximum atomic E-state index is 8.70. The van der Waals surface area contributed by atoms with Crippen LogP contribution in [0.1, 0.15) is 6.42 Å². The number of aromatic amines is 1. The first-order valence-corrected chi connectivity index (χ1v) is 10.3. The van der Waals surface area contributed by atoms with Crippen molar-refractivity contribution in [3.8, 4) is 6.19 Å². The fraction of sp³-hybridized carbons (Fsp3) is 0.190. The monoisotopic (exact) mass is 388 g/mol. The molecule has 0 fully saturated rings. The lowest BCUT2D eigenvalue weighted by molar-refractivity contribution is 0.875. The summed E-state index contributed by atoms with van der Waals surface area (Å²) in [5.74, 6) is 0. The van der Waals surface area contributed by atoms with Gasteiger partial charge >= 0.3 is 0 Å². The van der Waals surface area contributed by atoms with Gasteiger partial charge in [0.15, 0.2) is 11.4 Å². The van der Waals surface area contributed by atoms with Gasteiger partial charge < -0.3 is 10.3 Å². The van der Waals surface area contributed by atoms with Crippen LogP contribution in [0.15, 0.2) is 53.5 Å². The highest BCUT2D eigenvalue weighted by molar-refractivity contribution is 8.13. The highest BCUT2D eigenvalue weighted by Crippen LogP contribution is 2.34. The van der Waals surface area contributed by atoms with E-state index in [1.807, 2.05) is 42.8 Å². The molecule has 2 aromatic carbocycles. The Morgan fingerprint density at radius 1 is 1.18 bits per heavy atom. The Balaban J connectivity index is 1.64. The summed E-state index contributed by atoms with van der Waals surface area (Å²) in [5, 5.41) is 17.7. The number of H-pyrrole nitrogens is 1. The SMILES string of the molecule is CSC(=NCCCNc1c2ccccc2nc2c1[nH]c1ccccc12)NC#N. The van der Waals surface area contributed by atoms with E-state index in [4.69, 9.17) is 10.2 Å². The number of hydrogen-bond donors (Lipinski definition) is 3. The number of nitriles is 1. The lowest BCUT2D eigenvalue weighted by Crippen LogP contribution is -2.14. The Morgan fingerprint density at radius 3 is 2.79 bits per heavy atom. The number of fused-ring (bicyclic) bond motifs is 4. The van der Waals surface area contributed by atoms with E-state index in [0.717, 1.165) is 51.5 Å². The smallest absolute Gasteiger partial charge is 0.183 e. The van der Waals surface area contributed by atoms with Crippen LogP contribution in [0, 0.1) is 11.5 Å². The van der Waals surface area contributed by atoms with E-state index in [-0.39, 0.29) is 0 Å². The summed E-state index contributed by atoms with van der Waals surface area (Å²) in [4.78, 5) is 12.8. The van der Waals surface area contributed by atoms with Gasteiger partial charge in [0.1, 0.15) is 0 Å². The minimum Gasteiger partial charge on any atom is -0.383 e. The van der Waals surface area contributed by atoms with Gasteiger partial charge in [-0.25, -0.2) is 4.98 Å². The molecule has 0 atom stereocenters. The predicted molar refractivity (Wildman–Crippen MR) is 119 cm³/mol. The molecule has 28 heavy (non-hydrogen) atoms. The molecule has 0 amide bonds. The number of nitrogens with one attached hydrogen (secondary N) is 3. The van der Waals surface area contributed by atoms with Crippen LogP contribution in [0.3, 0.4) is 0 Å². The molecule has 0 bridgehead atoms. The summed E-state index contributed by atoms with van der Waals surface area (Å²) in [6, 6.07) is 16.4. The van der Waals surface area contributed by atoms with Gasteiger partial charge in [-0.15, -0.1) is 0 Å². The number of thioether (sulfide) groups is 1. The lowest BCUT2D eigenvalue weighted by atomic mass is 10.1. The maximum absolute atomic E-state index is 8.70. The number of nitrogens with zero attached hydrogens (tertiary/aromatic N) is 3. The van der Waals surface area contributed by atoms with E-state index in [0.29, 0.717) is 11.7 Å². The average molecular weight is 389 g/mol. The number of rotatable bonds is 5. The van der Waals surface area contributed by atoms with Crippen molar-refractivity contribution in [1.82, 2.24) is 15.3 Å². The molecule has 0 saturated heterocycles. The number of amidine groups is 1. The van der Waals surface area contributed by atoms with Gasteiger partial charge in [-0.3, -0.25) is 10.3 Å². The Bertz CT molecular complexity index is 1200. The number of pyridine rings is 1. The highest BCUT2D eigenvalue weighted by Gasteiger charge is 2.13. The van der Waals surface area contributed by atoms with E-state index in [1.54, 1.807) is 0 Å². The van der Waals surface area contributed by atoms with Gasteiger partial charge in [0.25, 0.3) is 0 Å². The van der Waals surface area contributed by atoms with Gasteiger partial charge in [-0.05, 0) is 24.8 Å². The molecule has 0 unspecified atom stereocenters. The van der Waals surface area contributed by atoms with E-state index in [9.17, 15) is 0 Å². The van der Waals surface area contributed by atoms with Gasteiger partial charge in [0, 0.05) is 29.4 Å². The summed E-state index contributed by atoms with van der Waals surface area (Å²) >= 11 is 1.44. The van der Waals surface area contributed by atoms with Crippen molar-refractivity contribution < 1.29 is 0 Å². The molecule has 0 spiro atoms. The number of para-hydroxylation sites is 2. The second kappa shape index (κ2) is 8.19. The molecular weight excluding hydrogens is 368 g/mol. The first-order valence-electron chi connectivity index (χ1n) is 9.08. The topological polar surface area (TPSA) is 88.9 Å². The van der Waals surface area contributed by atoms with Gasteiger partial charge in [0.2, 0.25) is 0 Å². The third kappa shape index (κ3) is 3.47. The standard InChI is InChI=1S/C21H20N6S/c1-28-21(25-13-22)24-12-6-11-23-18-14-7-2-4-9-16(14)26-19-15-8-3-5-10-17(15)27-20(18)19/h2-5,7-10,27H,6,11-12H2,1H3,(H,23,26)(H,24,25). The molecule has 0 radical (unpaired) electrons. The van der Waals surface area contributed by atoms with Gasteiger partial charge in [-0.2, -0.15) is 5.26 Å². The first kappa shape index (κ1) is 18.1. The lowest BCUT2D eigenvalue weighted by Gasteiger charge is -2.11. The molecular formula is C21H20N6S. The second-order valence-corrected chi connectivity index (χ2v) is 7.10. The zero-order chi connectivity index (χ0) is 19.3. The van der Waals surface area contributed by atoms with Crippen LogP contribution in [0.4, 0.5) is 5.69 Å². The molecule has 0 saturated carbocycles. The van der Waals surface area contributed by atoms with Crippen molar-refractivity contribution in [2.45, 2.75) is 6.42 Å². The Kier molecular flexibility index (Phi) is 5.31. The number of aromatic nitrogens is 2. The molecule has 4 rings (SSSR count). The zero-order valence-corrected chi connectivity index (χ0v) is 16.3. The molecule has 0 aliphatic rings. The largest absolute Gasteiger partial charge is 0.383 e. The molecule has 0 aliphatic carbocycles. The molecule has 6 nitrogen and oxygen atoms in total. The summed E-state index contributed by atoms with van der Waals surface area (Å²) in [5.41, 5.74) is 5.14. The fourth-order valence-corrected chi connectivity index (χ4v) is 3.69. The van der Waals surface area contributed by atoms with Crippen LogP contribution in [0.5, 0.6) is 0 Å². The van der Waals surface area contributed by atoms with E-state index < -0.39 is 0 Å². The second-order valence-electron chi connectivity index (χ2n) is 6.31. The molecule has 140 valence electrons. The summed E-state index contributed by atoms with van der Waals surface area (Å²) in [6.07, 6.45) is 4.67. The molecule has 0 aliphatic heterocycles. The van der Waals surface area contributed by atoms with Crippen molar-refractivity contribution in [2.24, 2.45) is 4.99 Å². The van der Waals surface area contributed by atoms with Crippen molar-refractivity contribution in [2.75, 3.05) is 24.7 Å². The van der Waals surface area contributed by atoms with Crippen molar-refractivity contribution in [3.63, 3.8) is 0 Å². The van der Waals surface area contributed by atoms with Crippen molar-refractivity contribution in [3.05, 3.63) is 48.5 Å². The van der Waals surface area contributed by atoms with Crippen LogP contribution in [0.2, 0.25) is 0 Å². The molecule has 7 heteroatoms. The Morgan fingerprint density at radius 2 is 1.96 bits per heavy atom. The highest BCUT2D eigenvalue weighted by atomic mass is 32.2. The van der Waals surface area contributed by atoms with Crippen LogP contribution in [0.25, 0.3) is 32.8 Å². The third-order valence-electron chi connectivity index (χ3n) is 4.58. The summed E-state index contributed by atoms with van der Waals surface area (Å²) in [7, 11) is 0. The number of hydrogen-bond acceptors (Lipinski definition) is 5. The van der Waals surface area contributed by atoms with E-state index in [1.165, 1.54) is 11.8 Å². The summed E-state index contributed by atoms with van der Waals surface area (Å²) in [6.45, 7) is 1.42. The van der Waals surface area contributed by atoms with Gasteiger partial charge in [-0.1, -0.05) is 48.2 Å². The predicted octanol–water partition coefficient (Wildman–Crippen LogP) is 4.46. The van der Waals surface area contributed by atoms with E-state index in [2.05, 4.69) is 38.8 Å². The first-order chi connectivity index (χ1) is 13.8. The molecule has 4 aromatic rings. The Hall–Kier alpha value is -3.24. The van der Waals surface area contributed by atoms with Crippen molar-refractivity contribution >= 4 is 55.5 Å². The van der Waals surface area contributed by atoms with Crippen molar-refractivity contribution in [1.29, 1.82) is 5.26 Å². The minimum absolute atomic E-state index is 0.648. The van der Waals surface area contributed by atoms with Gasteiger partial charge in [0.05, 0.1) is 22.2 Å². The number of benzene rings is 2. The molecule has 3 N–H and O–H groups in total. The Labute approximate surface area is 167 Å². The third-order valence-corrected chi connectivity index (χ3v) is 5.20. The maximum Gasteiger partial charge on any atom is 0.183 e. The van der Waals surface area contributed by atoms with Crippen LogP contribution >= 0.6 is 11.8 Å². The summed E-state index contributed by atoms with van der Waals surface area (Å²) < 4.78 is 0. The number of anilines is 1. The van der Waals surface area contributed by atoms with Crippen LogP contribution < -0.4 is 10.6 Å². The zero-order valence-electron chi connectivity index (χ0n) is 15.5. The van der Waals surface area contributed by atoms with Crippen LogP contribution in [-0.2, 0) is 0 Å². The van der Waals surface area contributed by atoms with Crippen LogP contribution in [-0.4, -0.2) is 34.5 Å². The number of aliphatic imine (C=N–C) groups is 1. The van der Waals surface area contributed by atoms with E-state index >= 15 is 0 Å². The quantitative estimate of drug-likeness (QED) is 0.154. The molecule has 2 aromatic heterocycles. The fourth-order valence-electron chi connectivity index (χ4n) is 3.32.